The molecule has 1 amide bonds. The van der Waals surface area contributed by atoms with Gasteiger partial charge in [0.15, 0.2) is 0 Å². The molecule has 3 aromatic rings. The van der Waals surface area contributed by atoms with Gasteiger partial charge >= 0.3 is 0 Å². The molecule has 1 unspecified atom stereocenters. The lowest BCUT2D eigenvalue weighted by Crippen LogP contribution is -2.41. The zero-order chi connectivity index (χ0) is 24.5. The molecule has 2 heterocycles. The third-order valence-corrected chi connectivity index (χ3v) is 8.78. The van der Waals surface area contributed by atoms with E-state index >= 15 is 0 Å². The van der Waals surface area contributed by atoms with Crippen molar-refractivity contribution in [1.82, 2.24) is 9.80 Å². The van der Waals surface area contributed by atoms with Crippen LogP contribution in [0, 0.1) is 11.7 Å². The number of likely N-dealkylation sites (tertiary alicyclic amines) is 1. The molecule has 1 saturated heterocycles. The van der Waals surface area contributed by atoms with Crippen LogP contribution in [-0.2, 0) is 17.8 Å². The van der Waals surface area contributed by atoms with E-state index in [2.05, 4.69) is 52.3 Å². The summed E-state index contributed by atoms with van der Waals surface area (Å²) in [5.74, 6) is 0.875. The van der Waals surface area contributed by atoms with Gasteiger partial charge in [-0.3, -0.25) is 4.79 Å². The van der Waals surface area contributed by atoms with Gasteiger partial charge in [-0.05, 0) is 104 Å². The van der Waals surface area contributed by atoms with Crippen LogP contribution in [0.15, 0.2) is 72.8 Å². The smallest absolute Gasteiger partial charge is 0.226 e. The van der Waals surface area contributed by atoms with E-state index in [0.29, 0.717) is 17.9 Å². The number of halogens is 1. The van der Waals surface area contributed by atoms with Crippen LogP contribution in [0.2, 0.25) is 0 Å². The molecular weight excluding hydrogens is 447 g/mol. The SMILES string of the molecule is O=C([C@H]1CCC(N2CCC(c3ccc(F)cc3)CC2)C1)N1CCc2ccc(-c3ccccc3)cc2C1. The summed E-state index contributed by atoms with van der Waals surface area (Å²) in [5, 5.41) is 0. The fourth-order valence-corrected chi connectivity index (χ4v) is 6.66. The fourth-order valence-electron chi connectivity index (χ4n) is 6.66. The quantitative estimate of drug-likeness (QED) is 0.428. The fraction of sp³-hybridized carbons (Fsp3) is 0.406. The number of carbonyl (C=O) groups excluding carboxylic acids is 1. The van der Waals surface area contributed by atoms with Gasteiger partial charge in [-0.25, -0.2) is 4.39 Å². The highest BCUT2D eigenvalue weighted by molar-refractivity contribution is 5.79. The Kier molecular flexibility index (Phi) is 6.62. The lowest BCUT2D eigenvalue weighted by atomic mass is 9.88. The van der Waals surface area contributed by atoms with Crippen LogP contribution in [0.25, 0.3) is 11.1 Å². The predicted molar refractivity (Wildman–Crippen MR) is 142 cm³/mol. The summed E-state index contributed by atoms with van der Waals surface area (Å²) in [4.78, 5) is 18.3. The van der Waals surface area contributed by atoms with E-state index in [1.165, 1.54) is 27.8 Å². The summed E-state index contributed by atoms with van der Waals surface area (Å²) in [6, 6.07) is 24.8. The van der Waals surface area contributed by atoms with Crippen LogP contribution in [0.1, 0.15) is 54.7 Å². The van der Waals surface area contributed by atoms with E-state index in [1.807, 2.05) is 18.2 Å². The Labute approximate surface area is 213 Å². The minimum absolute atomic E-state index is 0.156. The van der Waals surface area contributed by atoms with E-state index in [0.717, 1.165) is 64.7 Å². The van der Waals surface area contributed by atoms with Gasteiger partial charge in [-0.15, -0.1) is 0 Å². The average molecular weight is 483 g/mol. The van der Waals surface area contributed by atoms with Gasteiger partial charge in [-0.1, -0.05) is 54.6 Å². The van der Waals surface area contributed by atoms with E-state index in [9.17, 15) is 9.18 Å². The van der Waals surface area contributed by atoms with Crippen LogP contribution in [0.5, 0.6) is 0 Å². The van der Waals surface area contributed by atoms with Crippen molar-refractivity contribution in [2.24, 2.45) is 5.92 Å². The maximum Gasteiger partial charge on any atom is 0.226 e. The predicted octanol–water partition coefficient (Wildman–Crippen LogP) is 6.43. The summed E-state index contributed by atoms with van der Waals surface area (Å²) in [6.07, 6.45) is 6.31. The van der Waals surface area contributed by atoms with Crippen LogP contribution in [-0.4, -0.2) is 41.4 Å². The zero-order valence-electron chi connectivity index (χ0n) is 20.9. The van der Waals surface area contributed by atoms with Crippen molar-refractivity contribution in [1.29, 1.82) is 0 Å². The van der Waals surface area contributed by atoms with E-state index in [4.69, 9.17) is 0 Å². The Morgan fingerprint density at radius 1 is 0.778 bits per heavy atom. The molecule has 3 aliphatic rings. The van der Waals surface area contributed by atoms with Gasteiger partial charge in [0.25, 0.3) is 0 Å². The molecule has 2 fully saturated rings. The van der Waals surface area contributed by atoms with Crippen molar-refractivity contribution in [3.63, 3.8) is 0 Å². The normalized spacial score (nSPS) is 23.0. The molecule has 0 aromatic heterocycles. The Morgan fingerprint density at radius 3 is 2.33 bits per heavy atom. The second-order valence-electron chi connectivity index (χ2n) is 10.9. The van der Waals surface area contributed by atoms with Gasteiger partial charge in [0.05, 0.1) is 0 Å². The first-order valence-corrected chi connectivity index (χ1v) is 13.6. The molecule has 2 atom stereocenters. The number of nitrogens with zero attached hydrogens (tertiary/aromatic N) is 2. The first-order valence-electron chi connectivity index (χ1n) is 13.6. The molecule has 0 N–H and O–H groups in total. The molecule has 0 spiro atoms. The summed E-state index contributed by atoms with van der Waals surface area (Å²) in [7, 11) is 0. The molecule has 0 radical (unpaired) electrons. The summed E-state index contributed by atoms with van der Waals surface area (Å²) < 4.78 is 13.3. The molecule has 3 aromatic carbocycles. The molecule has 186 valence electrons. The van der Waals surface area contributed by atoms with Crippen LogP contribution in [0.3, 0.4) is 0 Å². The maximum absolute atomic E-state index is 13.5. The van der Waals surface area contributed by atoms with Gasteiger partial charge in [-0.2, -0.15) is 0 Å². The van der Waals surface area contributed by atoms with Crippen LogP contribution >= 0.6 is 0 Å². The molecule has 1 saturated carbocycles. The second-order valence-corrected chi connectivity index (χ2v) is 10.9. The first kappa shape index (κ1) is 23.4. The Bertz CT molecular complexity index is 1200. The number of piperidine rings is 1. The third kappa shape index (κ3) is 4.84. The molecule has 1 aliphatic carbocycles. The van der Waals surface area contributed by atoms with Gasteiger partial charge in [0, 0.05) is 25.0 Å². The van der Waals surface area contributed by atoms with Crippen LogP contribution < -0.4 is 0 Å². The molecule has 3 nitrogen and oxygen atoms in total. The Morgan fingerprint density at radius 2 is 1.56 bits per heavy atom. The average Bonchev–Trinajstić information content (AvgIpc) is 3.43. The van der Waals surface area contributed by atoms with Crippen molar-refractivity contribution in [2.75, 3.05) is 19.6 Å². The zero-order valence-corrected chi connectivity index (χ0v) is 20.9. The van der Waals surface area contributed by atoms with E-state index < -0.39 is 0 Å². The van der Waals surface area contributed by atoms with E-state index in [-0.39, 0.29) is 11.7 Å². The number of hydrogen-bond donors (Lipinski definition) is 0. The first-order chi connectivity index (χ1) is 17.6. The number of rotatable bonds is 4. The van der Waals surface area contributed by atoms with Crippen molar-refractivity contribution in [2.45, 2.75) is 57.0 Å². The number of hydrogen-bond acceptors (Lipinski definition) is 2. The molecule has 2 aliphatic heterocycles. The lowest BCUT2D eigenvalue weighted by molar-refractivity contribution is -0.136. The minimum atomic E-state index is -0.160. The number of carbonyl (C=O) groups is 1. The van der Waals surface area contributed by atoms with Gasteiger partial charge < -0.3 is 9.80 Å². The van der Waals surface area contributed by atoms with Gasteiger partial charge in [0.1, 0.15) is 5.82 Å². The third-order valence-electron chi connectivity index (χ3n) is 8.78. The number of benzene rings is 3. The summed E-state index contributed by atoms with van der Waals surface area (Å²) >= 11 is 0. The molecule has 6 rings (SSSR count). The summed E-state index contributed by atoms with van der Waals surface area (Å²) in [6.45, 7) is 3.72. The maximum atomic E-state index is 13.5. The van der Waals surface area contributed by atoms with Crippen molar-refractivity contribution in [3.8, 4) is 11.1 Å². The highest BCUT2D eigenvalue weighted by Crippen LogP contribution is 2.36. The van der Waals surface area contributed by atoms with Crippen molar-refractivity contribution in [3.05, 3.63) is 95.3 Å². The monoisotopic (exact) mass is 482 g/mol. The van der Waals surface area contributed by atoms with Crippen LogP contribution in [0.4, 0.5) is 4.39 Å². The standard InChI is InChI=1S/C32H35FN2O/c33-30-11-8-24(9-12-30)26-14-17-34(18-15-26)31-13-10-28(21-31)32(36)35-19-16-25-6-7-27(20-29(25)22-35)23-4-2-1-3-5-23/h1-9,11-12,20,26,28,31H,10,13-19,21-22H2/t28-,31?/m0/s1. The lowest BCUT2D eigenvalue weighted by Gasteiger charge is -2.36. The topological polar surface area (TPSA) is 23.6 Å². The highest BCUT2D eigenvalue weighted by Gasteiger charge is 2.37. The van der Waals surface area contributed by atoms with Crippen molar-refractivity contribution < 1.29 is 9.18 Å². The highest BCUT2D eigenvalue weighted by atomic mass is 19.1. The second kappa shape index (κ2) is 10.2. The molecule has 4 heteroatoms. The summed E-state index contributed by atoms with van der Waals surface area (Å²) in [5.41, 5.74) is 6.40. The number of amides is 1. The van der Waals surface area contributed by atoms with Gasteiger partial charge in [0.2, 0.25) is 5.91 Å². The van der Waals surface area contributed by atoms with Crippen molar-refractivity contribution >= 4 is 5.91 Å². The largest absolute Gasteiger partial charge is 0.338 e. The molecular formula is C32H35FN2O. The Balaban J connectivity index is 1.05. The Hall–Kier alpha value is -2.98. The van der Waals surface area contributed by atoms with E-state index in [1.54, 1.807) is 12.1 Å². The minimum Gasteiger partial charge on any atom is -0.338 e. The number of fused-ring (bicyclic) bond motifs is 1. The molecule has 0 bridgehead atoms. The molecule has 36 heavy (non-hydrogen) atoms.